The normalized spacial score (nSPS) is 17.8. The molecule has 2 rings (SSSR count). The molecule has 0 aromatic heterocycles. The van der Waals surface area contributed by atoms with E-state index >= 15 is 0 Å². The number of hydrogen-bond acceptors (Lipinski definition) is 3. The maximum absolute atomic E-state index is 12.2. The Morgan fingerprint density at radius 1 is 1.29 bits per heavy atom. The number of amides is 1. The smallest absolute Gasteiger partial charge is 0.306 e. The molecule has 1 amide bonds. The van der Waals surface area contributed by atoms with Gasteiger partial charge >= 0.3 is 5.97 Å². The van der Waals surface area contributed by atoms with Crippen molar-refractivity contribution in [1.29, 1.82) is 0 Å². The summed E-state index contributed by atoms with van der Waals surface area (Å²) < 4.78 is 5.64. The highest BCUT2D eigenvalue weighted by molar-refractivity contribution is 9.10. The van der Waals surface area contributed by atoms with E-state index in [2.05, 4.69) is 32.8 Å². The Kier molecular flexibility index (Phi) is 5.79. The zero-order valence-corrected chi connectivity index (χ0v) is 13.8. The molecular formula is C16H20BrNO3. The predicted molar refractivity (Wildman–Crippen MR) is 83.8 cm³/mol. The van der Waals surface area contributed by atoms with Crippen molar-refractivity contribution in [3.05, 3.63) is 34.3 Å². The predicted octanol–water partition coefficient (Wildman–Crippen LogP) is 2.94. The van der Waals surface area contributed by atoms with Crippen LogP contribution in [-0.2, 0) is 20.7 Å². The SMILES string of the molecule is COC(=O)CCC(=O)N1CCCC1Cc1ccc(Br)cc1. The van der Waals surface area contributed by atoms with Crippen LogP contribution in [0.3, 0.4) is 0 Å². The molecule has 1 atom stereocenters. The summed E-state index contributed by atoms with van der Waals surface area (Å²) in [6.07, 6.45) is 3.34. The number of esters is 1. The molecule has 21 heavy (non-hydrogen) atoms. The molecule has 1 fully saturated rings. The highest BCUT2D eigenvalue weighted by Crippen LogP contribution is 2.23. The average Bonchev–Trinajstić information content (AvgIpc) is 2.95. The number of halogens is 1. The summed E-state index contributed by atoms with van der Waals surface area (Å²) in [7, 11) is 1.35. The molecule has 0 saturated carbocycles. The van der Waals surface area contributed by atoms with Gasteiger partial charge in [0.25, 0.3) is 0 Å². The van der Waals surface area contributed by atoms with Gasteiger partial charge in [-0.2, -0.15) is 0 Å². The summed E-state index contributed by atoms with van der Waals surface area (Å²) >= 11 is 3.43. The number of rotatable bonds is 5. The molecule has 1 aromatic carbocycles. The van der Waals surface area contributed by atoms with Crippen molar-refractivity contribution >= 4 is 27.8 Å². The summed E-state index contributed by atoms with van der Waals surface area (Å²) in [5, 5.41) is 0. The molecule has 0 aliphatic carbocycles. The Hall–Kier alpha value is -1.36. The third kappa shape index (κ3) is 4.56. The number of likely N-dealkylation sites (tertiary alicyclic amines) is 1. The van der Waals surface area contributed by atoms with Gasteiger partial charge in [-0.25, -0.2) is 0 Å². The van der Waals surface area contributed by atoms with E-state index in [1.807, 2.05) is 17.0 Å². The maximum atomic E-state index is 12.2. The van der Waals surface area contributed by atoms with Crippen molar-refractivity contribution in [3.63, 3.8) is 0 Å². The van der Waals surface area contributed by atoms with Crippen LogP contribution in [-0.4, -0.2) is 36.5 Å². The lowest BCUT2D eigenvalue weighted by Crippen LogP contribution is -2.37. The summed E-state index contributed by atoms with van der Waals surface area (Å²) in [4.78, 5) is 25.3. The quantitative estimate of drug-likeness (QED) is 0.764. The first-order valence-electron chi connectivity index (χ1n) is 7.21. The molecule has 0 N–H and O–H groups in total. The molecule has 1 aliphatic heterocycles. The van der Waals surface area contributed by atoms with Crippen LogP contribution in [0.5, 0.6) is 0 Å². The van der Waals surface area contributed by atoms with Crippen molar-refractivity contribution < 1.29 is 14.3 Å². The van der Waals surface area contributed by atoms with Crippen molar-refractivity contribution in [2.75, 3.05) is 13.7 Å². The lowest BCUT2D eigenvalue weighted by Gasteiger charge is -2.25. The first-order valence-corrected chi connectivity index (χ1v) is 8.00. The summed E-state index contributed by atoms with van der Waals surface area (Å²) in [5.74, 6) is -0.271. The standard InChI is InChI=1S/C16H20BrNO3/c1-21-16(20)9-8-15(19)18-10-2-3-14(18)11-12-4-6-13(17)7-5-12/h4-7,14H,2-3,8-11H2,1H3. The summed E-state index contributed by atoms with van der Waals surface area (Å²) in [6, 6.07) is 8.46. The molecule has 5 heteroatoms. The molecule has 0 spiro atoms. The van der Waals surface area contributed by atoms with Gasteiger partial charge in [-0.3, -0.25) is 9.59 Å². The van der Waals surface area contributed by atoms with Crippen molar-refractivity contribution in [3.8, 4) is 0 Å². The van der Waals surface area contributed by atoms with Gasteiger partial charge in [0.15, 0.2) is 0 Å². The van der Waals surface area contributed by atoms with Crippen LogP contribution in [0, 0.1) is 0 Å². The number of ether oxygens (including phenoxy) is 1. The van der Waals surface area contributed by atoms with Crippen LogP contribution < -0.4 is 0 Å². The number of carbonyl (C=O) groups is 2. The van der Waals surface area contributed by atoms with E-state index in [0.717, 1.165) is 30.3 Å². The largest absolute Gasteiger partial charge is 0.469 e. The number of hydrogen-bond donors (Lipinski definition) is 0. The zero-order chi connectivity index (χ0) is 15.2. The Bertz CT molecular complexity index is 501. The van der Waals surface area contributed by atoms with Crippen molar-refractivity contribution in [1.82, 2.24) is 4.90 Å². The summed E-state index contributed by atoms with van der Waals surface area (Å²) in [5.41, 5.74) is 1.23. The fraction of sp³-hybridized carbons (Fsp3) is 0.500. The van der Waals surface area contributed by atoms with Crippen LogP contribution in [0.1, 0.15) is 31.2 Å². The Labute approximate surface area is 133 Å². The van der Waals surface area contributed by atoms with Gasteiger partial charge in [0.05, 0.1) is 13.5 Å². The van der Waals surface area contributed by atoms with E-state index < -0.39 is 0 Å². The average molecular weight is 354 g/mol. The third-order valence-corrected chi connectivity index (χ3v) is 4.38. The second-order valence-electron chi connectivity index (χ2n) is 5.29. The van der Waals surface area contributed by atoms with Gasteiger partial charge in [-0.15, -0.1) is 0 Å². The fourth-order valence-corrected chi connectivity index (χ4v) is 2.99. The Morgan fingerprint density at radius 2 is 2.00 bits per heavy atom. The monoisotopic (exact) mass is 353 g/mol. The topological polar surface area (TPSA) is 46.6 Å². The molecule has 0 radical (unpaired) electrons. The van der Waals surface area contributed by atoms with E-state index in [4.69, 9.17) is 0 Å². The Balaban J connectivity index is 1.91. The highest BCUT2D eigenvalue weighted by Gasteiger charge is 2.28. The number of methoxy groups -OCH3 is 1. The molecule has 1 aliphatic rings. The molecule has 0 bridgehead atoms. The minimum absolute atomic E-state index is 0.0556. The van der Waals surface area contributed by atoms with E-state index in [9.17, 15) is 9.59 Å². The van der Waals surface area contributed by atoms with Crippen LogP contribution in [0.25, 0.3) is 0 Å². The lowest BCUT2D eigenvalue weighted by atomic mass is 10.0. The maximum Gasteiger partial charge on any atom is 0.306 e. The van der Waals surface area contributed by atoms with Gasteiger partial charge in [-0.05, 0) is 37.0 Å². The molecule has 1 saturated heterocycles. The molecule has 1 aromatic rings. The van der Waals surface area contributed by atoms with Crippen LogP contribution in [0.15, 0.2) is 28.7 Å². The number of nitrogens with zero attached hydrogens (tertiary/aromatic N) is 1. The Morgan fingerprint density at radius 3 is 2.67 bits per heavy atom. The minimum atomic E-state index is -0.327. The first-order chi connectivity index (χ1) is 10.1. The van der Waals surface area contributed by atoms with Crippen LogP contribution in [0.2, 0.25) is 0 Å². The second kappa shape index (κ2) is 7.59. The molecule has 114 valence electrons. The highest BCUT2D eigenvalue weighted by atomic mass is 79.9. The lowest BCUT2D eigenvalue weighted by molar-refractivity contribution is -0.143. The van der Waals surface area contributed by atoms with Crippen molar-refractivity contribution in [2.24, 2.45) is 0 Å². The molecule has 4 nitrogen and oxygen atoms in total. The van der Waals surface area contributed by atoms with Crippen molar-refractivity contribution in [2.45, 2.75) is 38.1 Å². The molecule has 1 unspecified atom stereocenters. The van der Waals surface area contributed by atoms with E-state index in [0.29, 0.717) is 0 Å². The van der Waals surface area contributed by atoms with Gasteiger partial charge < -0.3 is 9.64 Å². The molecular weight excluding hydrogens is 334 g/mol. The van der Waals surface area contributed by atoms with Gasteiger partial charge in [0, 0.05) is 23.5 Å². The van der Waals surface area contributed by atoms with Gasteiger partial charge in [0.2, 0.25) is 5.91 Å². The zero-order valence-electron chi connectivity index (χ0n) is 12.2. The fourth-order valence-electron chi connectivity index (χ4n) is 2.72. The summed E-state index contributed by atoms with van der Waals surface area (Å²) in [6.45, 7) is 0.793. The second-order valence-corrected chi connectivity index (χ2v) is 6.21. The van der Waals surface area contributed by atoms with Crippen LogP contribution >= 0.6 is 15.9 Å². The van der Waals surface area contributed by atoms with Gasteiger partial charge in [0.1, 0.15) is 0 Å². The van der Waals surface area contributed by atoms with Crippen LogP contribution in [0.4, 0.5) is 0 Å². The van der Waals surface area contributed by atoms with E-state index in [1.165, 1.54) is 12.7 Å². The van der Waals surface area contributed by atoms with E-state index in [1.54, 1.807) is 0 Å². The third-order valence-electron chi connectivity index (χ3n) is 3.85. The van der Waals surface area contributed by atoms with E-state index in [-0.39, 0.29) is 30.8 Å². The number of benzene rings is 1. The van der Waals surface area contributed by atoms with Gasteiger partial charge in [-0.1, -0.05) is 28.1 Å². The minimum Gasteiger partial charge on any atom is -0.469 e. The first kappa shape index (κ1) is 16.0. The molecule has 1 heterocycles. The number of carbonyl (C=O) groups excluding carboxylic acids is 2.